The predicted octanol–water partition coefficient (Wildman–Crippen LogP) is 4.52. The zero-order chi connectivity index (χ0) is 14.2. The Balaban J connectivity index is 1.84. The van der Waals surface area contributed by atoms with Crippen molar-refractivity contribution in [3.63, 3.8) is 0 Å². The molecule has 1 N–H and O–H groups in total. The maximum Gasteiger partial charge on any atom is 0.251 e. The van der Waals surface area contributed by atoms with E-state index in [4.69, 9.17) is 0 Å². The molecule has 0 radical (unpaired) electrons. The molecule has 1 amide bonds. The van der Waals surface area contributed by atoms with E-state index >= 15 is 0 Å². The number of halogens is 1. The van der Waals surface area contributed by atoms with E-state index in [9.17, 15) is 4.79 Å². The Bertz CT molecular complexity index is 568. The first-order valence-corrected chi connectivity index (χ1v) is 8.26. The van der Waals surface area contributed by atoms with Crippen LogP contribution in [0, 0.1) is 0 Å². The van der Waals surface area contributed by atoms with Crippen LogP contribution in [0.3, 0.4) is 0 Å². The van der Waals surface area contributed by atoms with Gasteiger partial charge in [-0.2, -0.15) is 0 Å². The minimum Gasteiger partial charge on any atom is -0.352 e. The van der Waals surface area contributed by atoms with Crippen molar-refractivity contribution in [1.29, 1.82) is 0 Å². The van der Waals surface area contributed by atoms with Gasteiger partial charge in [0.05, 0.1) is 0 Å². The van der Waals surface area contributed by atoms with E-state index in [1.54, 1.807) is 0 Å². The van der Waals surface area contributed by atoms with E-state index in [2.05, 4.69) is 27.3 Å². The van der Waals surface area contributed by atoms with Crippen molar-refractivity contribution >= 4 is 32.6 Å². The van der Waals surface area contributed by atoms with Gasteiger partial charge in [-0.1, -0.05) is 59.1 Å². The highest BCUT2D eigenvalue weighted by atomic mass is 79.9. The Morgan fingerprint density at radius 3 is 2.50 bits per heavy atom. The number of nitrogens with one attached hydrogen (secondary N) is 1. The van der Waals surface area contributed by atoms with E-state index in [-0.39, 0.29) is 5.91 Å². The van der Waals surface area contributed by atoms with Crippen LogP contribution in [-0.2, 0) is 0 Å². The summed E-state index contributed by atoms with van der Waals surface area (Å²) in [5.74, 6) is 0.0243. The second-order valence-electron chi connectivity index (χ2n) is 4.92. The monoisotopic (exact) mass is 333 g/mol. The van der Waals surface area contributed by atoms with Gasteiger partial charge in [-0.25, -0.2) is 0 Å². The van der Waals surface area contributed by atoms with Gasteiger partial charge >= 0.3 is 0 Å². The highest BCUT2D eigenvalue weighted by molar-refractivity contribution is 9.09. The summed E-state index contributed by atoms with van der Waals surface area (Å²) in [5.41, 5.74) is 0.740. The first-order valence-electron chi connectivity index (χ1n) is 7.14. The third kappa shape index (κ3) is 4.34. The molecule has 0 atom stereocenters. The van der Waals surface area contributed by atoms with Crippen LogP contribution in [0.15, 0.2) is 42.5 Å². The lowest BCUT2D eigenvalue weighted by molar-refractivity contribution is 0.0953. The Morgan fingerprint density at radius 1 is 0.950 bits per heavy atom. The first-order chi connectivity index (χ1) is 9.81. The summed E-state index contributed by atoms with van der Waals surface area (Å²) in [5, 5.41) is 6.33. The number of rotatable bonds is 7. The fourth-order valence-corrected chi connectivity index (χ4v) is 2.60. The number of benzene rings is 2. The fraction of sp³-hybridized carbons (Fsp3) is 0.353. The van der Waals surface area contributed by atoms with Gasteiger partial charge in [-0.3, -0.25) is 4.79 Å². The molecule has 2 nitrogen and oxygen atoms in total. The average Bonchev–Trinajstić information content (AvgIpc) is 2.50. The van der Waals surface area contributed by atoms with Crippen molar-refractivity contribution in [3.05, 3.63) is 48.0 Å². The Kier molecular flexibility index (Phi) is 6.06. The second-order valence-corrected chi connectivity index (χ2v) is 5.71. The molecule has 2 aromatic carbocycles. The molecule has 0 heterocycles. The third-order valence-corrected chi connectivity index (χ3v) is 3.92. The number of fused-ring (bicyclic) bond motifs is 1. The summed E-state index contributed by atoms with van der Waals surface area (Å²) in [6.45, 7) is 0.758. The molecule has 106 valence electrons. The maximum atomic E-state index is 12.1. The van der Waals surface area contributed by atoms with Crippen LogP contribution in [-0.4, -0.2) is 17.8 Å². The van der Waals surface area contributed by atoms with Gasteiger partial charge in [-0.05, 0) is 35.7 Å². The molecule has 0 spiro atoms. The zero-order valence-corrected chi connectivity index (χ0v) is 13.2. The average molecular weight is 334 g/mol. The van der Waals surface area contributed by atoms with Crippen molar-refractivity contribution in [2.24, 2.45) is 0 Å². The number of unbranched alkanes of at least 4 members (excludes halogenated alkanes) is 3. The van der Waals surface area contributed by atoms with Crippen LogP contribution in [0.4, 0.5) is 0 Å². The zero-order valence-electron chi connectivity index (χ0n) is 11.6. The van der Waals surface area contributed by atoms with Crippen LogP contribution >= 0.6 is 15.9 Å². The minimum atomic E-state index is 0.0243. The number of hydrogen-bond donors (Lipinski definition) is 1. The standard InChI is InChI=1S/C17H20BrNO/c18-11-5-1-2-6-12-19-17(20)16-10-9-14-7-3-4-8-15(14)13-16/h3-4,7-10,13H,1-2,5-6,11-12H2,(H,19,20). The first kappa shape index (κ1) is 15.0. The highest BCUT2D eigenvalue weighted by Crippen LogP contribution is 2.15. The van der Waals surface area contributed by atoms with Crippen molar-refractivity contribution in [3.8, 4) is 0 Å². The van der Waals surface area contributed by atoms with Gasteiger partial charge in [-0.15, -0.1) is 0 Å². The summed E-state index contributed by atoms with van der Waals surface area (Å²) in [6, 6.07) is 13.9. The van der Waals surface area contributed by atoms with E-state index in [1.165, 1.54) is 24.6 Å². The predicted molar refractivity (Wildman–Crippen MR) is 88.5 cm³/mol. The topological polar surface area (TPSA) is 29.1 Å². The Morgan fingerprint density at radius 2 is 1.70 bits per heavy atom. The molecule has 0 aliphatic heterocycles. The quantitative estimate of drug-likeness (QED) is 0.585. The fourth-order valence-electron chi connectivity index (χ4n) is 2.21. The lowest BCUT2D eigenvalue weighted by Crippen LogP contribution is -2.24. The van der Waals surface area contributed by atoms with E-state index in [1.807, 2.05) is 36.4 Å². The van der Waals surface area contributed by atoms with Gasteiger partial charge in [0.15, 0.2) is 0 Å². The number of carbonyl (C=O) groups excluding carboxylic acids is 1. The van der Waals surface area contributed by atoms with Crippen LogP contribution < -0.4 is 5.32 Å². The molecule has 0 bridgehead atoms. The molecule has 0 aromatic heterocycles. The molecule has 0 aliphatic carbocycles. The lowest BCUT2D eigenvalue weighted by atomic mass is 10.1. The van der Waals surface area contributed by atoms with E-state index < -0.39 is 0 Å². The van der Waals surface area contributed by atoms with Crippen molar-refractivity contribution in [2.75, 3.05) is 11.9 Å². The molecule has 3 heteroatoms. The van der Waals surface area contributed by atoms with Gasteiger partial charge < -0.3 is 5.32 Å². The molecular formula is C17H20BrNO. The number of hydrogen-bond acceptors (Lipinski definition) is 1. The van der Waals surface area contributed by atoms with E-state index in [0.29, 0.717) is 0 Å². The number of carbonyl (C=O) groups is 1. The largest absolute Gasteiger partial charge is 0.352 e. The SMILES string of the molecule is O=C(NCCCCCCBr)c1ccc2ccccc2c1. The molecule has 0 saturated heterocycles. The van der Waals surface area contributed by atoms with Crippen molar-refractivity contribution in [1.82, 2.24) is 5.32 Å². The van der Waals surface area contributed by atoms with Crippen molar-refractivity contribution < 1.29 is 4.79 Å². The highest BCUT2D eigenvalue weighted by Gasteiger charge is 2.05. The van der Waals surface area contributed by atoms with Crippen LogP contribution in [0.5, 0.6) is 0 Å². The van der Waals surface area contributed by atoms with E-state index in [0.717, 1.165) is 29.2 Å². The Hall–Kier alpha value is -1.35. The molecule has 2 aromatic rings. The third-order valence-electron chi connectivity index (χ3n) is 3.36. The van der Waals surface area contributed by atoms with Crippen molar-refractivity contribution in [2.45, 2.75) is 25.7 Å². The summed E-state index contributed by atoms with van der Waals surface area (Å²) in [4.78, 5) is 12.1. The van der Waals surface area contributed by atoms with Gasteiger partial charge in [0.25, 0.3) is 5.91 Å². The summed E-state index contributed by atoms with van der Waals surface area (Å²) in [7, 11) is 0. The summed E-state index contributed by atoms with van der Waals surface area (Å²) in [6.07, 6.45) is 4.64. The molecule has 0 saturated carbocycles. The van der Waals surface area contributed by atoms with Gasteiger partial charge in [0.2, 0.25) is 0 Å². The smallest absolute Gasteiger partial charge is 0.251 e. The lowest BCUT2D eigenvalue weighted by Gasteiger charge is -2.06. The number of alkyl halides is 1. The summed E-state index contributed by atoms with van der Waals surface area (Å²) >= 11 is 3.42. The number of amides is 1. The minimum absolute atomic E-state index is 0.0243. The summed E-state index contributed by atoms with van der Waals surface area (Å²) < 4.78 is 0. The van der Waals surface area contributed by atoms with Gasteiger partial charge in [0, 0.05) is 17.4 Å². The van der Waals surface area contributed by atoms with Crippen LogP contribution in [0.1, 0.15) is 36.0 Å². The Labute approximate surface area is 128 Å². The normalized spacial score (nSPS) is 10.7. The molecule has 0 aliphatic rings. The molecule has 20 heavy (non-hydrogen) atoms. The van der Waals surface area contributed by atoms with Crippen LogP contribution in [0.25, 0.3) is 10.8 Å². The molecule has 0 fully saturated rings. The molecule has 2 rings (SSSR count). The molecular weight excluding hydrogens is 314 g/mol. The molecule has 0 unspecified atom stereocenters. The van der Waals surface area contributed by atoms with Crippen LogP contribution in [0.2, 0.25) is 0 Å². The van der Waals surface area contributed by atoms with Gasteiger partial charge in [0.1, 0.15) is 0 Å². The maximum absolute atomic E-state index is 12.1. The second kappa shape index (κ2) is 8.05.